The minimum atomic E-state index is -1.70. The van der Waals surface area contributed by atoms with Gasteiger partial charge in [-0.3, -0.25) is 9.59 Å². The lowest BCUT2D eigenvalue weighted by molar-refractivity contribution is 0.0651. The number of nitrogens with two attached hydrogens (primary N) is 2. The second-order valence-electron chi connectivity index (χ2n) is 6.78. The topological polar surface area (TPSA) is 161 Å². The predicted octanol–water partition coefficient (Wildman–Crippen LogP) is 2.74. The zero-order chi connectivity index (χ0) is 21.7. The standard InChI is InChI=1S/C22H14N2O6/c23-19(25)15-13-7-11-5-9-3-1-2-4-10(9)6-12(11)8-14(13)16(21(27)28)18(22(29)30)17(15)20(24)26/h1-8H,(H2,23,25)(H2,24,26)(H,27,28)(H,29,30). The first-order valence-electron chi connectivity index (χ1n) is 8.73. The largest absolute Gasteiger partial charge is 0.478 e. The van der Waals surface area contributed by atoms with E-state index in [9.17, 15) is 29.4 Å². The smallest absolute Gasteiger partial charge is 0.337 e. The maximum atomic E-state index is 12.2. The zero-order valence-corrected chi connectivity index (χ0v) is 15.3. The molecule has 0 bridgehead atoms. The highest BCUT2D eigenvalue weighted by Crippen LogP contribution is 2.35. The molecule has 2 amide bonds. The van der Waals surface area contributed by atoms with Gasteiger partial charge < -0.3 is 21.7 Å². The number of carboxylic acid groups (broad SMARTS) is 2. The van der Waals surface area contributed by atoms with Crippen molar-refractivity contribution in [3.8, 4) is 0 Å². The zero-order valence-electron chi connectivity index (χ0n) is 15.3. The Morgan fingerprint density at radius 3 is 1.40 bits per heavy atom. The summed E-state index contributed by atoms with van der Waals surface area (Å²) in [6, 6.07) is 14.1. The molecule has 30 heavy (non-hydrogen) atoms. The molecule has 6 N–H and O–H groups in total. The minimum Gasteiger partial charge on any atom is -0.478 e. The molecule has 4 rings (SSSR count). The molecule has 0 aromatic heterocycles. The Morgan fingerprint density at radius 2 is 1.00 bits per heavy atom. The molecule has 4 aromatic carbocycles. The van der Waals surface area contributed by atoms with Crippen molar-refractivity contribution >= 4 is 56.1 Å². The average molecular weight is 402 g/mol. The number of primary amides is 2. The maximum Gasteiger partial charge on any atom is 0.337 e. The van der Waals surface area contributed by atoms with Crippen LogP contribution in [0.15, 0.2) is 48.5 Å². The first-order valence-corrected chi connectivity index (χ1v) is 8.73. The third-order valence-corrected chi connectivity index (χ3v) is 5.05. The van der Waals surface area contributed by atoms with Crippen LogP contribution in [0.2, 0.25) is 0 Å². The van der Waals surface area contributed by atoms with E-state index in [1.807, 2.05) is 36.4 Å². The summed E-state index contributed by atoms with van der Waals surface area (Å²) in [4.78, 5) is 48.2. The average Bonchev–Trinajstić information content (AvgIpc) is 2.68. The van der Waals surface area contributed by atoms with Crippen molar-refractivity contribution in [1.82, 2.24) is 0 Å². The molecule has 0 spiro atoms. The molecule has 0 heterocycles. The van der Waals surface area contributed by atoms with Gasteiger partial charge in [-0.25, -0.2) is 9.59 Å². The van der Waals surface area contributed by atoms with Crippen molar-refractivity contribution in [3.05, 3.63) is 70.8 Å². The van der Waals surface area contributed by atoms with Crippen LogP contribution in [-0.2, 0) is 0 Å². The molecule has 0 saturated heterocycles. The van der Waals surface area contributed by atoms with Crippen LogP contribution in [0.5, 0.6) is 0 Å². The lowest BCUT2D eigenvalue weighted by Gasteiger charge is -2.16. The van der Waals surface area contributed by atoms with Gasteiger partial charge in [0.2, 0.25) is 11.8 Å². The van der Waals surface area contributed by atoms with Crippen molar-refractivity contribution in [2.45, 2.75) is 0 Å². The molecule has 0 aliphatic carbocycles. The lowest BCUT2D eigenvalue weighted by atomic mass is 9.86. The SMILES string of the molecule is NC(=O)c1c(C(=O)O)c(C(=O)O)c2cc3cc4ccccc4cc3cc2c1C(N)=O. The summed E-state index contributed by atoms with van der Waals surface area (Å²) in [5.41, 5.74) is 8.16. The van der Waals surface area contributed by atoms with Gasteiger partial charge in [-0.1, -0.05) is 24.3 Å². The van der Waals surface area contributed by atoms with Gasteiger partial charge in [-0.15, -0.1) is 0 Å². The maximum absolute atomic E-state index is 12.2. The number of carbonyl (C=O) groups excluding carboxylic acids is 2. The number of amides is 2. The van der Waals surface area contributed by atoms with E-state index in [-0.39, 0.29) is 10.8 Å². The summed E-state index contributed by atoms with van der Waals surface area (Å²) >= 11 is 0. The van der Waals surface area contributed by atoms with Gasteiger partial charge in [0.1, 0.15) is 0 Å². The van der Waals surface area contributed by atoms with E-state index >= 15 is 0 Å². The monoisotopic (exact) mass is 402 g/mol. The van der Waals surface area contributed by atoms with Gasteiger partial charge in [0.15, 0.2) is 0 Å². The van der Waals surface area contributed by atoms with E-state index in [4.69, 9.17) is 11.5 Å². The van der Waals surface area contributed by atoms with Crippen molar-refractivity contribution in [1.29, 1.82) is 0 Å². The molecule has 0 atom stereocenters. The molecule has 0 aliphatic heterocycles. The fraction of sp³-hybridized carbons (Fsp3) is 0. The van der Waals surface area contributed by atoms with Crippen LogP contribution in [0, 0.1) is 0 Å². The van der Waals surface area contributed by atoms with Crippen LogP contribution in [0.4, 0.5) is 0 Å². The molecule has 0 aliphatic rings. The van der Waals surface area contributed by atoms with Gasteiger partial charge >= 0.3 is 11.9 Å². The summed E-state index contributed by atoms with van der Waals surface area (Å²) in [6.45, 7) is 0. The van der Waals surface area contributed by atoms with Gasteiger partial charge in [0, 0.05) is 0 Å². The van der Waals surface area contributed by atoms with E-state index < -0.39 is 46.0 Å². The Labute approximate surface area is 168 Å². The number of rotatable bonds is 4. The third kappa shape index (κ3) is 2.70. The van der Waals surface area contributed by atoms with E-state index in [1.165, 1.54) is 12.1 Å². The number of fused-ring (bicyclic) bond motifs is 3. The van der Waals surface area contributed by atoms with Crippen LogP contribution >= 0.6 is 0 Å². The Morgan fingerprint density at radius 1 is 0.567 bits per heavy atom. The third-order valence-electron chi connectivity index (χ3n) is 5.05. The molecule has 0 fully saturated rings. The first kappa shape index (κ1) is 18.9. The quantitative estimate of drug-likeness (QED) is 0.384. The molecule has 0 saturated carbocycles. The van der Waals surface area contributed by atoms with Crippen LogP contribution in [0.1, 0.15) is 41.4 Å². The molecule has 8 nitrogen and oxygen atoms in total. The van der Waals surface area contributed by atoms with Gasteiger partial charge in [0.05, 0.1) is 22.3 Å². The minimum absolute atomic E-state index is 0.0264. The fourth-order valence-corrected chi connectivity index (χ4v) is 3.86. The van der Waals surface area contributed by atoms with E-state index in [2.05, 4.69) is 0 Å². The first-order chi connectivity index (χ1) is 14.2. The summed E-state index contributed by atoms with van der Waals surface area (Å²) in [6.07, 6.45) is 0. The normalized spacial score (nSPS) is 11.1. The van der Waals surface area contributed by atoms with E-state index in [1.54, 1.807) is 0 Å². The van der Waals surface area contributed by atoms with Gasteiger partial charge in [-0.2, -0.15) is 0 Å². The summed E-state index contributed by atoms with van der Waals surface area (Å²) in [5.74, 6) is -5.63. The number of carbonyl (C=O) groups is 4. The van der Waals surface area contributed by atoms with Crippen LogP contribution in [-0.4, -0.2) is 34.0 Å². The Bertz CT molecular complexity index is 1350. The van der Waals surface area contributed by atoms with Crippen molar-refractivity contribution < 1.29 is 29.4 Å². The fourth-order valence-electron chi connectivity index (χ4n) is 3.86. The Balaban J connectivity index is 2.33. The Kier molecular flexibility index (Phi) is 4.13. The van der Waals surface area contributed by atoms with Crippen molar-refractivity contribution in [3.63, 3.8) is 0 Å². The molecular weight excluding hydrogens is 388 g/mol. The molecule has 0 unspecified atom stereocenters. The van der Waals surface area contributed by atoms with Crippen LogP contribution in [0.3, 0.4) is 0 Å². The predicted molar refractivity (Wildman–Crippen MR) is 110 cm³/mol. The summed E-state index contributed by atoms with van der Waals surface area (Å²) in [5, 5.41) is 22.5. The number of hydrogen-bond donors (Lipinski definition) is 4. The highest BCUT2D eigenvalue weighted by Gasteiger charge is 2.32. The van der Waals surface area contributed by atoms with E-state index in [0.717, 1.165) is 10.8 Å². The molecule has 0 radical (unpaired) electrons. The number of hydrogen-bond acceptors (Lipinski definition) is 4. The van der Waals surface area contributed by atoms with Crippen molar-refractivity contribution in [2.75, 3.05) is 0 Å². The molecular formula is C22H14N2O6. The second-order valence-corrected chi connectivity index (χ2v) is 6.78. The highest BCUT2D eigenvalue weighted by atomic mass is 16.4. The summed E-state index contributed by atoms with van der Waals surface area (Å²) in [7, 11) is 0. The van der Waals surface area contributed by atoms with E-state index in [0.29, 0.717) is 10.8 Å². The lowest BCUT2D eigenvalue weighted by Crippen LogP contribution is -2.26. The molecule has 148 valence electrons. The number of carboxylic acids is 2. The highest BCUT2D eigenvalue weighted by molar-refractivity contribution is 6.26. The Hall–Kier alpha value is -4.46. The second kappa shape index (κ2) is 6.56. The van der Waals surface area contributed by atoms with Crippen molar-refractivity contribution in [2.24, 2.45) is 11.5 Å². The van der Waals surface area contributed by atoms with Gasteiger partial charge in [-0.05, 0) is 56.6 Å². The van der Waals surface area contributed by atoms with Crippen LogP contribution in [0.25, 0.3) is 32.3 Å². The molecule has 4 aromatic rings. The number of benzene rings is 4. The van der Waals surface area contributed by atoms with Crippen LogP contribution < -0.4 is 11.5 Å². The number of aromatic carboxylic acids is 2. The van der Waals surface area contributed by atoms with Gasteiger partial charge in [0.25, 0.3) is 0 Å². The molecule has 8 heteroatoms. The summed E-state index contributed by atoms with van der Waals surface area (Å²) < 4.78 is 0.